The number of benzene rings is 3. The Kier molecular flexibility index (Phi) is 5.63. The van der Waals surface area contributed by atoms with Crippen molar-refractivity contribution in [3.8, 4) is 0 Å². The molecule has 0 unspecified atom stereocenters. The molecule has 4 heteroatoms. The van der Waals surface area contributed by atoms with Crippen LogP contribution in [0.15, 0.2) is 78.9 Å². The van der Waals surface area contributed by atoms with Crippen LogP contribution in [0.3, 0.4) is 0 Å². The number of carbonyl (C=O) groups is 1. The van der Waals surface area contributed by atoms with Crippen molar-refractivity contribution in [2.75, 3.05) is 0 Å². The summed E-state index contributed by atoms with van der Waals surface area (Å²) in [4.78, 5) is 17.4. The highest BCUT2D eigenvalue weighted by molar-refractivity contribution is 8.14. The van der Waals surface area contributed by atoms with Crippen LogP contribution in [0, 0.1) is 0 Å². The molecule has 1 aromatic heterocycles. The van der Waals surface area contributed by atoms with Gasteiger partial charge in [-0.1, -0.05) is 90.1 Å². The van der Waals surface area contributed by atoms with Gasteiger partial charge in [0.2, 0.25) is 5.12 Å². The number of fused-ring (bicyclic) bond motifs is 2. The number of halogens is 1. The number of hydrogen-bond donors (Lipinski definition) is 0. The minimum Gasteiger partial charge on any atom is -0.282 e. The summed E-state index contributed by atoms with van der Waals surface area (Å²) in [5.74, 6) is 0. The molecule has 0 N–H and O–H groups in total. The van der Waals surface area contributed by atoms with E-state index in [1.54, 1.807) is 0 Å². The van der Waals surface area contributed by atoms with Crippen LogP contribution in [-0.4, -0.2) is 10.1 Å². The molecule has 0 radical (unpaired) electrons. The first kappa shape index (κ1) is 20.0. The van der Waals surface area contributed by atoms with Gasteiger partial charge in [0.15, 0.2) is 0 Å². The largest absolute Gasteiger partial charge is 0.282 e. The van der Waals surface area contributed by atoms with Crippen LogP contribution < -0.4 is 0 Å². The zero-order valence-electron chi connectivity index (χ0n) is 16.8. The van der Waals surface area contributed by atoms with Crippen molar-refractivity contribution < 1.29 is 4.79 Å². The van der Waals surface area contributed by atoms with E-state index in [0.717, 1.165) is 46.1 Å². The molecule has 0 fully saturated rings. The summed E-state index contributed by atoms with van der Waals surface area (Å²) in [5, 5.41) is 2.08. The van der Waals surface area contributed by atoms with E-state index in [1.165, 1.54) is 17.3 Å². The smallest absolute Gasteiger partial charge is 0.220 e. The van der Waals surface area contributed by atoms with Crippen molar-refractivity contribution in [2.24, 2.45) is 0 Å². The third-order valence-corrected chi connectivity index (χ3v) is 7.03. The van der Waals surface area contributed by atoms with Crippen LogP contribution in [0.1, 0.15) is 44.4 Å². The summed E-state index contributed by atoms with van der Waals surface area (Å²) in [6.45, 7) is 0. The SMILES string of the molecule is O=C1S[C@@H](c2cccc(C=Cc3ccc4ccc(Cl)cc4n3)c2)CCc2ccccc21. The highest BCUT2D eigenvalue weighted by Crippen LogP contribution is 2.39. The number of hydrogen-bond acceptors (Lipinski definition) is 3. The topological polar surface area (TPSA) is 30.0 Å². The Hall–Kier alpha value is -2.88. The molecule has 5 rings (SSSR count). The molecule has 0 saturated carbocycles. The van der Waals surface area contributed by atoms with Gasteiger partial charge >= 0.3 is 0 Å². The quantitative estimate of drug-likeness (QED) is 0.327. The molecule has 0 saturated heterocycles. The zero-order chi connectivity index (χ0) is 21.2. The van der Waals surface area contributed by atoms with E-state index in [1.807, 2.05) is 48.5 Å². The van der Waals surface area contributed by atoms with Crippen LogP contribution in [-0.2, 0) is 6.42 Å². The summed E-state index contributed by atoms with van der Waals surface area (Å²) >= 11 is 7.54. The third kappa shape index (κ3) is 4.43. The molecule has 3 aromatic carbocycles. The summed E-state index contributed by atoms with van der Waals surface area (Å²) < 4.78 is 0. The lowest BCUT2D eigenvalue weighted by Gasteiger charge is -2.13. The summed E-state index contributed by atoms with van der Waals surface area (Å²) in [5.41, 5.74) is 6.06. The first-order valence-corrected chi connectivity index (χ1v) is 11.5. The lowest BCUT2D eigenvalue weighted by Crippen LogP contribution is -1.98. The predicted octanol–water partition coefficient (Wildman–Crippen LogP) is 7.62. The van der Waals surface area contributed by atoms with E-state index in [4.69, 9.17) is 11.6 Å². The number of rotatable bonds is 3. The molecule has 2 heterocycles. The van der Waals surface area contributed by atoms with Crippen molar-refractivity contribution >= 4 is 51.5 Å². The number of aryl methyl sites for hydroxylation is 1. The number of thioether (sulfide) groups is 1. The average Bonchev–Trinajstić information content (AvgIpc) is 2.97. The van der Waals surface area contributed by atoms with E-state index in [-0.39, 0.29) is 10.4 Å². The Labute approximate surface area is 191 Å². The Morgan fingerprint density at radius 2 is 1.81 bits per heavy atom. The second kappa shape index (κ2) is 8.70. The Balaban J connectivity index is 1.37. The minimum absolute atomic E-state index is 0.161. The average molecular weight is 442 g/mol. The Morgan fingerprint density at radius 1 is 0.935 bits per heavy atom. The third-order valence-electron chi connectivity index (χ3n) is 5.57. The molecule has 4 aromatic rings. The molecule has 0 aliphatic carbocycles. The van der Waals surface area contributed by atoms with E-state index in [2.05, 4.69) is 47.5 Å². The van der Waals surface area contributed by atoms with Gasteiger partial charge in [-0.25, -0.2) is 4.98 Å². The number of pyridine rings is 1. The summed E-state index contributed by atoms with van der Waals surface area (Å²) in [6.07, 6.45) is 5.96. The van der Waals surface area contributed by atoms with Crippen LogP contribution in [0.25, 0.3) is 23.1 Å². The van der Waals surface area contributed by atoms with Gasteiger partial charge in [0.1, 0.15) is 0 Å². The number of nitrogens with zero attached hydrogens (tertiary/aromatic N) is 1. The zero-order valence-corrected chi connectivity index (χ0v) is 18.4. The monoisotopic (exact) mass is 441 g/mol. The van der Waals surface area contributed by atoms with Gasteiger partial charge in [0.25, 0.3) is 0 Å². The van der Waals surface area contributed by atoms with Crippen LogP contribution in [0.5, 0.6) is 0 Å². The Morgan fingerprint density at radius 3 is 2.74 bits per heavy atom. The maximum atomic E-state index is 12.7. The molecule has 152 valence electrons. The fraction of sp³-hybridized carbons (Fsp3) is 0.111. The number of carbonyl (C=O) groups excluding carboxylic acids is 1. The van der Waals surface area contributed by atoms with Gasteiger partial charge in [-0.3, -0.25) is 4.79 Å². The lowest BCUT2D eigenvalue weighted by molar-refractivity contribution is 0.108. The van der Waals surface area contributed by atoms with Crippen molar-refractivity contribution in [3.63, 3.8) is 0 Å². The molecule has 1 aliphatic heterocycles. The normalized spacial score (nSPS) is 16.4. The first-order valence-electron chi connectivity index (χ1n) is 10.3. The molecule has 1 atom stereocenters. The lowest BCUT2D eigenvalue weighted by atomic mass is 9.99. The van der Waals surface area contributed by atoms with E-state index >= 15 is 0 Å². The predicted molar refractivity (Wildman–Crippen MR) is 132 cm³/mol. The van der Waals surface area contributed by atoms with Gasteiger partial charge in [-0.15, -0.1) is 0 Å². The standard InChI is InChI=1S/C27H20ClNOS/c28-22-12-9-20-10-14-23(29-25(20)17-22)13-8-18-4-3-6-21(16-18)26-15-11-19-5-1-2-7-24(19)27(30)31-26/h1-10,12-14,16-17,26H,11,15H2/t26-/m1/s1. The van der Waals surface area contributed by atoms with Gasteiger partial charge in [-0.2, -0.15) is 0 Å². The molecular formula is C27H20ClNOS. The van der Waals surface area contributed by atoms with Crippen LogP contribution in [0.4, 0.5) is 0 Å². The fourth-order valence-corrected chi connectivity index (χ4v) is 5.22. The van der Waals surface area contributed by atoms with Crippen molar-refractivity contribution in [3.05, 3.63) is 112 Å². The van der Waals surface area contributed by atoms with Gasteiger partial charge in [0.05, 0.1) is 11.2 Å². The van der Waals surface area contributed by atoms with Crippen molar-refractivity contribution in [2.45, 2.75) is 18.1 Å². The van der Waals surface area contributed by atoms with Gasteiger partial charge in [0, 0.05) is 21.2 Å². The molecule has 31 heavy (non-hydrogen) atoms. The van der Waals surface area contributed by atoms with Crippen LogP contribution >= 0.6 is 23.4 Å². The second-order valence-electron chi connectivity index (χ2n) is 7.67. The summed E-state index contributed by atoms with van der Waals surface area (Å²) in [6, 6.07) is 26.2. The first-order chi connectivity index (χ1) is 15.2. The van der Waals surface area contributed by atoms with Gasteiger partial charge in [-0.05, 0) is 53.8 Å². The van der Waals surface area contributed by atoms with E-state index in [0.29, 0.717) is 5.02 Å². The molecular weight excluding hydrogens is 422 g/mol. The molecule has 0 amide bonds. The summed E-state index contributed by atoms with van der Waals surface area (Å²) in [7, 11) is 0. The molecule has 0 bridgehead atoms. The number of aromatic nitrogens is 1. The second-order valence-corrected chi connectivity index (χ2v) is 9.28. The van der Waals surface area contributed by atoms with Crippen LogP contribution in [0.2, 0.25) is 5.02 Å². The highest BCUT2D eigenvalue weighted by atomic mass is 35.5. The van der Waals surface area contributed by atoms with Crippen molar-refractivity contribution in [1.82, 2.24) is 4.98 Å². The Bertz CT molecular complexity index is 1310. The molecule has 2 nitrogen and oxygen atoms in total. The van der Waals surface area contributed by atoms with E-state index in [9.17, 15) is 4.79 Å². The van der Waals surface area contributed by atoms with Gasteiger partial charge < -0.3 is 0 Å². The van der Waals surface area contributed by atoms with E-state index < -0.39 is 0 Å². The molecule has 0 spiro atoms. The maximum Gasteiger partial charge on any atom is 0.220 e. The fourth-order valence-electron chi connectivity index (χ4n) is 3.95. The minimum atomic E-state index is 0.161. The maximum absolute atomic E-state index is 12.7. The molecule has 1 aliphatic rings. The van der Waals surface area contributed by atoms with Crippen molar-refractivity contribution in [1.29, 1.82) is 0 Å². The highest BCUT2D eigenvalue weighted by Gasteiger charge is 2.24.